The summed E-state index contributed by atoms with van der Waals surface area (Å²) in [7, 11) is -7.36. The standard InChI is InChI=1S/C17H27O6PS/c1-4-21-24(18,22-5-2)17-9-7-6-8-16(17)23-25(19,20)15-12-10-14(3)11-13-15/h10-13,16-17H,4-9H2,1-3H3/t16-,17+/m0/s1. The summed E-state index contributed by atoms with van der Waals surface area (Å²) in [6, 6.07) is 6.49. The minimum Gasteiger partial charge on any atom is -0.309 e. The van der Waals surface area contributed by atoms with Gasteiger partial charge in [-0.3, -0.25) is 8.75 Å². The van der Waals surface area contributed by atoms with Crippen LogP contribution in [0.3, 0.4) is 0 Å². The first-order valence-corrected chi connectivity index (χ1v) is 11.7. The molecule has 25 heavy (non-hydrogen) atoms. The Bertz CT molecular complexity index is 690. The van der Waals surface area contributed by atoms with Gasteiger partial charge < -0.3 is 9.05 Å². The predicted octanol–water partition coefficient (Wildman–Crippen LogP) is 4.28. The second-order valence-electron chi connectivity index (χ2n) is 6.13. The zero-order valence-electron chi connectivity index (χ0n) is 15.0. The maximum atomic E-state index is 13.1. The molecule has 0 aromatic heterocycles. The van der Waals surface area contributed by atoms with E-state index in [9.17, 15) is 13.0 Å². The molecule has 0 spiro atoms. The van der Waals surface area contributed by atoms with Crippen LogP contribution in [0.4, 0.5) is 0 Å². The van der Waals surface area contributed by atoms with Crippen LogP contribution in [0.5, 0.6) is 0 Å². The lowest BCUT2D eigenvalue weighted by Crippen LogP contribution is -2.35. The van der Waals surface area contributed by atoms with E-state index in [0.717, 1.165) is 18.4 Å². The predicted molar refractivity (Wildman–Crippen MR) is 96.4 cm³/mol. The number of benzene rings is 1. The van der Waals surface area contributed by atoms with Crippen LogP contribution in [0.25, 0.3) is 0 Å². The largest absolute Gasteiger partial charge is 0.336 e. The Kier molecular flexibility index (Phi) is 7.23. The maximum Gasteiger partial charge on any atom is 0.336 e. The lowest BCUT2D eigenvalue weighted by Gasteiger charge is -2.34. The number of aryl methyl sites for hydroxylation is 1. The van der Waals surface area contributed by atoms with Crippen molar-refractivity contribution in [3.8, 4) is 0 Å². The Hall–Kier alpha value is -0.720. The highest BCUT2D eigenvalue weighted by Crippen LogP contribution is 2.58. The molecule has 1 aromatic carbocycles. The Morgan fingerprint density at radius 3 is 2.16 bits per heavy atom. The van der Waals surface area contributed by atoms with Gasteiger partial charge in [-0.05, 0) is 45.7 Å². The summed E-state index contributed by atoms with van der Waals surface area (Å²) < 4.78 is 54.7. The van der Waals surface area contributed by atoms with Gasteiger partial charge in [0.25, 0.3) is 10.1 Å². The minimum absolute atomic E-state index is 0.102. The van der Waals surface area contributed by atoms with Crippen LogP contribution in [0.15, 0.2) is 29.2 Å². The summed E-state index contributed by atoms with van der Waals surface area (Å²) >= 11 is 0. The average Bonchev–Trinajstić information content (AvgIpc) is 2.56. The van der Waals surface area contributed by atoms with Gasteiger partial charge in [-0.2, -0.15) is 8.42 Å². The second kappa shape index (κ2) is 8.78. The summed E-state index contributed by atoms with van der Waals surface area (Å²) in [6.45, 7) is 5.85. The van der Waals surface area contributed by atoms with Crippen LogP contribution in [-0.4, -0.2) is 33.4 Å². The zero-order chi connectivity index (χ0) is 18.5. The molecule has 8 heteroatoms. The lowest BCUT2D eigenvalue weighted by atomic mass is 9.97. The zero-order valence-corrected chi connectivity index (χ0v) is 16.7. The fraction of sp³-hybridized carbons (Fsp3) is 0.647. The van der Waals surface area contributed by atoms with E-state index in [1.165, 1.54) is 12.1 Å². The Morgan fingerprint density at radius 1 is 1.04 bits per heavy atom. The summed E-state index contributed by atoms with van der Waals surface area (Å²) in [5.74, 6) is 0. The minimum atomic E-state index is -3.93. The third kappa shape index (κ3) is 5.14. The van der Waals surface area contributed by atoms with E-state index >= 15 is 0 Å². The molecule has 1 fully saturated rings. The molecule has 0 heterocycles. The van der Waals surface area contributed by atoms with Crippen LogP contribution in [-0.2, 0) is 27.9 Å². The summed E-state index contributed by atoms with van der Waals surface area (Å²) in [4.78, 5) is 0.102. The van der Waals surface area contributed by atoms with Gasteiger partial charge in [-0.1, -0.05) is 30.5 Å². The van der Waals surface area contributed by atoms with Crippen LogP contribution >= 0.6 is 7.60 Å². The monoisotopic (exact) mass is 390 g/mol. The fourth-order valence-corrected chi connectivity index (χ4v) is 6.58. The van der Waals surface area contributed by atoms with Gasteiger partial charge in [0, 0.05) is 0 Å². The average molecular weight is 390 g/mol. The first-order valence-electron chi connectivity index (χ1n) is 8.71. The Morgan fingerprint density at radius 2 is 1.60 bits per heavy atom. The van der Waals surface area contributed by atoms with E-state index in [1.54, 1.807) is 26.0 Å². The highest BCUT2D eigenvalue weighted by molar-refractivity contribution is 7.86. The van der Waals surface area contributed by atoms with Gasteiger partial charge in [0.05, 0.1) is 29.9 Å². The number of rotatable bonds is 8. The molecule has 1 aliphatic rings. The molecular weight excluding hydrogens is 363 g/mol. The third-order valence-corrected chi connectivity index (χ3v) is 8.24. The van der Waals surface area contributed by atoms with Crippen molar-refractivity contribution in [1.82, 2.24) is 0 Å². The van der Waals surface area contributed by atoms with Gasteiger partial charge in [0.15, 0.2) is 0 Å². The molecule has 0 N–H and O–H groups in total. The molecule has 0 amide bonds. The second-order valence-corrected chi connectivity index (χ2v) is 9.96. The van der Waals surface area contributed by atoms with Crippen molar-refractivity contribution >= 4 is 17.7 Å². The van der Waals surface area contributed by atoms with E-state index in [1.807, 2.05) is 6.92 Å². The number of hydrogen-bond donors (Lipinski definition) is 0. The van der Waals surface area contributed by atoms with E-state index in [0.29, 0.717) is 12.8 Å². The molecule has 1 saturated carbocycles. The molecule has 6 nitrogen and oxygen atoms in total. The van der Waals surface area contributed by atoms with Crippen molar-refractivity contribution in [2.45, 2.75) is 63.1 Å². The normalized spacial score (nSPS) is 22.0. The molecule has 2 atom stereocenters. The van der Waals surface area contributed by atoms with Gasteiger partial charge >= 0.3 is 7.60 Å². The smallest absolute Gasteiger partial charge is 0.309 e. The maximum absolute atomic E-state index is 13.1. The summed E-state index contributed by atoms with van der Waals surface area (Å²) in [5.41, 5.74) is 0.396. The SMILES string of the molecule is CCOP(=O)(OCC)[C@@H]1CCCC[C@@H]1OS(=O)(=O)c1ccc(C)cc1. The summed E-state index contributed by atoms with van der Waals surface area (Å²) in [6.07, 6.45) is 2.04. The molecule has 0 aliphatic heterocycles. The summed E-state index contributed by atoms with van der Waals surface area (Å²) in [5, 5.41) is 0. The van der Waals surface area contributed by atoms with Gasteiger partial charge in [-0.15, -0.1) is 0 Å². The molecule has 1 aromatic rings. The molecule has 0 saturated heterocycles. The van der Waals surface area contributed by atoms with Crippen molar-refractivity contribution in [2.75, 3.05) is 13.2 Å². The third-order valence-electron chi connectivity index (χ3n) is 4.25. The first-order chi connectivity index (χ1) is 11.8. The van der Waals surface area contributed by atoms with Crippen LogP contribution in [0.1, 0.15) is 45.1 Å². The first kappa shape index (κ1) is 20.6. The molecule has 2 rings (SSSR count). The van der Waals surface area contributed by atoms with Gasteiger partial charge in [-0.25, -0.2) is 0 Å². The highest BCUT2D eigenvalue weighted by atomic mass is 32.2. The quantitative estimate of drug-likeness (QED) is 0.487. The van der Waals surface area contributed by atoms with E-state index < -0.39 is 29.5 Å². The van der Waals surface area contributed by atoms with Crippen LogP contribution in [0, 0.1) is 6.92 Å². The topological polar surface area (TPSA) is 78.9 Å². The van der Waals surface area contributed by atoms with Crippen LogP contribution in [0.2, 0.25) is 0 Å². The molecule has 1 aliphatic carbocycles. The Labute approximate surface area is 150 Å². The van der Waals surface area contributed by atoms with Crippen molar-refractivity contribution in [3.05, 3.63) is 29.8 Å². The van der Waals surface area contributed by atoms with Crippen molar-refractivity contribution in [1.29, 1.82) is 0 Å². The van der Waals surface area contributed by atoms with Gasteiger partial charge in [0.1, 0.15) is 0 Å². The molecule has 0 radical (unpaired) electrons. The number of hydrogen-bond acceptors (Lipinski definition) is 6. The van der Waals surface area contributed by atoms with Crippen molar-refractivity contribution < 1.29 is 26.2 Å². The lowest BCUT2D eigenvalue weighted by molar-refractivity contribution is 0.133. The molecular formula is C17H27O6PS. The van der Waals surface area contributed by atoms with Crippen LogP contribution < -0.4 is 0 Å². The highest BCUT2D eigenvalue weighted by Gasteiger charge is 2.44. The van der Waals surface area contributed by atoms with E-state index in [-0.39, 0.29) is 18.1 Å². The molecule has 0 unspecified atom stereocenters. The van der Waals surface area contributed by atoms with E-state index in [4.69, 9.17) is 13.2 Å². The van der Waals surface area contributed by atoms with E-state index in [2.05, 4.69) is 0 Å². The fourth-order valence-electron chi connectivity index (χ4n) is 3.06. The Balaban J connectivity index is 2.25. The van der Waals surface area contributed by atoms with Gasteiger partial charge in [0.2, 0.25) is 0 Å². The molecule has 0 bridgehead atoms. The molecule has 142 valence electrons. The van der Waals surface area contributed by atoms with Crippen molar-refractivity contribution in [3.63, 3.8) is 0 Å². The van der Waals surface area contributed by atoms with Crippen molar-refractivity contribution in [2.24, 2.45) is 0 Å².